The van der Waals surface area contributed by atoms with Crippen LogP contribution in [0.1, 0.15) is 26.3 Å². The highest BCUT2D eigenvalue weighted by Crippen LogP contribution is 2.31. The van der Waals surface area contributed by atoms with Crippen molar-refractivity contribution in [3.63, 3.8) is 0 Å². The molecule has 0 atom stereocenters. The van der Waals surface area contributed by atoms with Crippen molar-refractivity contribution < 1.29 is 38.1 Å². The summed E-state index contributed by atoms with van der Waals surface area (Å²) in [6, 6.07) is 1.91. The van der Waals surface area contributed by atoms with Crippen LogP contribution in [0, 0.1) is 5.82 Å². The second-order valence-electron chi connectivity index (χ2n) is 5.32. The molecular weight excluding hydrogens is 349 g/mol. The van der Waals surface area contributed by atoms with Gasteiger partial charge in [0.25, 0.3) is 0 Å². The van der Waals surface area contributed by atoms with Crippen molar-refractivity contribution in [2.75, 3.05) is 20.3 Å². The second-order valence-corrected chi connectivity index (χ2v) is 5.32. The standard InChI is InChI=1S/C17H22FNO7/c1-5-25-15(22)17(19-10(3)20,16(23)26-6-2)9-11-7-13(21)14(24-4)8-12(11)18/h7-8,21H,5-6,9H2,1-4H3,(H,19,20). The van der Waals surface area contributed by atoms with Gasteiger partial charge in [-0.2, -0.15) is 0 Å². The number of nitrogens with one attached hydrogen (secondary N) is 1. The number of rotatable bonds is 8. The fourth-order valence-corrected chi connectivity index (χ4v) is 2.35. The average Bonchev–Trinajstić information content (AvgIpc) is 2.56. The maximum absolute atomic E-state index is 14.4. The lowest BCUT2D eigenvalue weighted by atomic mass is 9.89. The number of ether oxygens (including phenoxy) is 3. The molecule has 0 aliphatic rings. The molecule has 9 heteroatoms. The average molecular weight is 371 g/mol. The molecule has 0 radical (unpaired) electrons. The lowest BCUT2D eigenvalue weighted by Crippen LogP contribution is -2.62. The van der Waals surface area contributed by atoms with Crippen LogP contribution in [0.4, 0.5) is 4.39 Å². The van der Waals surface area contributed by atoms with Gasteiger partial charge < -0.3 is 24.6 Å². The molecule has 1 aromatic rings. The zero-order valence-corrected chi connectivity index (χ0v) is 15.1. The smallest absolute Gasteiger partial charge is 0.344 e. The van der Waals surface area contributed by atoms with Crippen molar-refractivity contribution in [2.24, 2.45) is 0 Å². The quantitative estimate of drug-likeness (QED) is 0.520. The van der Waals surface area contributed by atoms with Gasteiger partial charge in [-0.25, -0.2) is 14.0 Å². The van der Waals surface area contributed by atoms with E-state index in [0.717, 1.165) is 19.1 Å². The van der Waals surface area contributed by atoms with Crippen LogP contribution in [0.2, 0.25) is 0 Å². The molecule has 144 valence electrons. The number of carbonyl (C=O) groups is 3. The van der Waals surface area contributed by atoms with Crippen molar-refractivity contribution in [1.82, 2.24) is 5.32 Å². The summed E-state index contributed by atoms with van der Waals surface area (Å²) in [6.45, 7) is 3.98. The number of phenolic OH excluding ortho intramolecular Hbond substituents is 1. The van der Waals surface area contributed by atoms with E-state index in [9.17, 15) is 23.9 Å². The third kappa shape index (κ3) is 4.62. The van der Waals surface area contributed by atoms with Crippen LogP contribution in [0.15, 0.2) is 12.1 Å². The van der Waals surface area contributed by atoms with Crippen LogP contribution in [0.3, 0.4) is 0 Å². The van der Waals surface area contributed by atoms with Crippen molar-refractivity contribution in [2.45, 2.75) is 32.7 Å². The molecule has 0 spiro atoms. The Morgan fingerprint density at radius 2 is 1.69 bits per heavy atom. The van der Waals surface area contributed by atoms with Gasteiger partial charge in [-0.15, -0.1) is 0 Å². The number of benzene rings is 1. The van der Waals surface area contributed by atoms with Crippen LogP contribution in [0.25, 0.3) is 0 Å². The van der Waals surface area contributed by atoms with Crippen LogP contribution in [-0.4, -0.2) is 48.8 Å². The van der Waals surface area contributed by atoms with Gasteiger partial charge in [-0.05, 0) is 25.5 Å². The van der Waals surface area contributed by atoms with Crippen molar-refractivity contribution in [3.05, 3.63) is 23.5 Å². The molecule has 0 bridgehead atoms. The molecule has 0 unspecified atom stereocenters. The van der Waals surface area contributed by atoms with Crippen molar-refractivity contribution >= 4 is 17.8 Å². The number of carbonyl (C=O) groups excluding carboxylic acids is 3. The summed E-state index contributed by atoms with van der Waals surface area (Å²) >= 11 is 0. The Kier molecular flexibility index (Phi) is 7.36. The van der Waals surface area contributed by atoms with Crippen LogP contribution in [0.5, 0.6) is 11.5 Å². The van der Waals surface area contributed by atoms with E-state index in [2.05, 4.69) is 5.32 Å². The van der Waals surface area contributed by atoms with Gasteiger partial charge in [0.2, 0.25) is 11.4 Å². The third-order valence-corrected chi connectivity index (χ3v) is 3.44. The van der Waals surface area contributed by atoms with Crippen LogP contribution >= 0.6 is 0 Å². The topological polar surface area (TPSA) is 111 Å². The molecule has 26 heavy (non-hydrogen) atoms. The van der Waals surface area contributed by atoms with E-state index in [4.69, 9.17) is 14.2 Å². The largest absolute Gasteiger partial charge is 0.504 e. The van der Waals surface area contributed by atoms with Gasteiger partial charge in [-0.1, -0.05) is 0 Å². The number of esters is 2. The van der Waals surface area contributed by atoms with E-state index in [1.165, 1.54) is 21.0 Å². The molecule has 1 rings (SSSR count). The second kappa shape index (κ2) is 9.02. The molecule has 0 fully saturated rings. The molecule has 0 aliphatic heterocycles. The van der Waals surface area contributed by atoms with E-state index in [0.29, 0.717) is 0 Å². The Labute approximate surface area is 150 Å². The maximum Gasteiger partial charge on any atom is 0.344 e. The highest BCUT2D eigenvalue weighted by molar-refractivity contribution is 6.08. The first kappa shape index (κ1) is 21.2. The minimum atomic E-state index is -2.29. The molecule has 1 amide bonds. The van der Waals surface area contributed by atoms with E-state index >= 15 is 0 Å². The summed E-state index contributed by atoms with van der Waals surface area (Å²) in [7, 11) is 1.24. The number of amides is 1. The third-order valence-electron chi connectivity index (χ3n) is 3.44. The minimum absolute atomic E-state index is 0.0735. The Morgan fingerprint density at radius 1 is 1.15 bits per heavy atom. The van der Waals surface area contributed by atoms with Crippen LogP contribution < -0.4 is 10.1 Å². The molecule has 8 nitrogen and oxygen atoms in total. The SMILES string of the molecule is CCOC(=O)C(Cc1cc(O)c(OC)cc1F)(NC(C)=O)C(=O)OCC. The fraction of sp³-hybridized carbons (Fsp3) is 0.471. The van der Waals surface area contributed by atoms with Gasteiger partial charge in [0, 0.05) is 19.4 Å². The van der Waals surface area contributed by atoms with Gasteiger partial charge >= 0.3 is 11.9 Å². The van der Waals surface area contributed by atoms with Gasteiger partial charge in [-0.3, -0.25) is 4.79 Å². The molecule has 0 saturated carbocycles. The minimum Gasteiger partial charge on any atom is -0.504 e. The van der Waals surface area contributed by atoms with E-state index in [1.54, 1.807) is 0 Å². The number of hydrogen-bond acceptors (Lipinski definition) is 7. The summed E-state index contributed by atoms with van der Waals surface area (Å²) in [5.41, 5.74) is -2.50. The van der Waals surface area contributed by atoms with E-state index < -0.39 is 41.4 Å². The highest BCUT2D eigenvalue weighted by atomic mass is 19.1. The number of hydrogen-bond donors (Lipinski definition) is 2. The molecule has 0 heterocycles. The number of aromatic hydroxyl groups is 1. The van der Waals surface area contributed by atoms with Crippen molar-refractivity contribution in [1.29, 1.82) is 0 Å². The highest BCUT2D eigenvalue weighted by Gasteiger charge is 2.50. The molecule has 0 aromatic heterocycles. The Morgan fingerprint density at radius 3 is 2.12 bits per heavy atom. The Hall–Kier alpha value is -2.84. The van der Waals surface area contributed by atoms with Gasteiger partial charge in [0.1, 0.15) is 5.82 Å². The number of halogens is 1. The van der Waals surface area contributed by atoms with Gasteiger partial charge in [0.05, 0.1) is 20.3 Å². The lowest BCUT2D eigenvalue weighted by Gasteiger charge is -2.30. The lowest BCUT2D eigenvalue weighted by molar-refractivity contribution is -0.168. The normalized spacial score (nSPS) is 10.8. The number of phenols is 1. The molecule has 0 aliphatic carbocycles. The first-order valence-electron chi connectivity index (χ1n) is 7.90. The van der Waals surface area contributed by atoms with Crippen molar-refractivity contribution in [3.8, 4) is 11.5 Å². The van der Waals surface area contributed by atoms with E-state index in [-0.39, 0.29) is 24.5 Å². The maximum atomic E-state index is 14.4. The Bertz CT molecular complexity index is 672. The summed E-state index contributed by atoms with van der Waals surface area (Å²) in [4.78, 5) is 36.6. The predicted octanol–water partition coefficient (Wildman–Crippen LogP) is 1.08. The zero-order valence-electron chi connectivity index (χ0n) is 15.1. The summed E-state index contributed by atoms with van der Waals surface area (Å²) in [5.74, 6) is -4.27. The summed E-state index contributed by atoms with van der Waals surface area (Å²) in [6.07, 6.45) is -0.617. The summed E-state index contributed by atoms with van der Waals surface area (Å²) < 4.78 is 29.0. The first-order valence-corrected chi connectivity index (χ1v) is 7.90. The number of methoxy groups -OCH3 is 1. The summed E-state index contributed by atoms with van der Waals surface area (Å²) in [5, 5.41) is 12.1. The molecule has 1 aromatic carbocycles. The monoisotopic (exact) mass is 371 g/mol. The fourth-order valence-electron chi connectivity index (χ4n) is 2.35. The van der Waals surface area contributed by atoms with E-state index in [1.807, 2.05) is 0 Å². The van der Waals surface area contributed by atoms with Crippen LogP contribution in [-0.2, 0) is 30.3 Å². The molecule has 2 N–H and O–H groups in total. The molecule has 0 saturated heterocycles. The zero-order chi connectivity index (χ0) is 19.9. The first-order chi connectivity index (χ1) is 12.2. The van der Waals surface area contributed by atoms with Gasteiger partial charge in [0.15, 0.2) is 11.5 Å². The molecular formula is C17H22FNO7. The predicted molar refractivity (Wildman–Crippen MR) is 88.1 cm³/mol. The Balaban J connectivity index is 3.48.